The number of para-hydroxylation sites is 1. The normalized spacial score (nSPS) is 12.3. The summed E-state index contributed by atoms with van der Waals surface area (Å²) >= 11 is 0. The Labute approximate surface area is 113 Å². The van der Waals surface area contributed by atoms with Crippen molar-refractivity contribution in [2.24, 2.45) is 0 Å². The quantitative estimate of drug-likeness (QED) is 0.545. The third-order valence-corrected chi connectivity index (χ3v) is 9.32. The summed E-state index contributed by atoms with van der Waals surface area (Å²) in [6.45, 7) is 16.3. The van der Waals surface area contributed by atoms with E-state index in [1.807, 2.05) is 6.07 Å². The van der Waals surface area contributed by atoms with E-state index in [4.69, 9.17) is 4.74 Å². The Balaban J connectivity index is 2.93. The molecule has 0 atom stereocenters. The predicted octanol–water partition coefficient (Wildman–Crippen LogP) is 4.84. The molecule has 0 unspecified atom stereocenters. The number of hydrogen-bond acceptors (Lipinski definition) is 1. The highest BCUT2D eigenvalue weighted by molar-refractivity contribution is 6.79. The minimum Gasteiger partial charge on any atom is -0.489 e. The molecule has 0 spiro atoms. The highest BCUT2D eigenvalue weighted by Crippen LogP contribution is 2.39. The lowest BCUT2D eigenvalue weighted by molar-refractivity contribution is 0.360. The molecule has 1 rings (SSSR count). The summed E-state index contributed by atoms with van der Waals surface area (Å²) in [5.74, 6) is 1.02. The molecule has 1 aromatic carbocycles. The van der Waals surface area contributed by atoms with E-state index >= 15 is 0 Å². The van der Waals surface area contributed by atoms with Gasteiger partial charge in [-0.3, -0.25) is 0 Å². The van der Waals surface area contributed by atoms with Gasteiger partial charge < -0.3 is 4.74 Å². The molecule has 0 saturated carbocycles. The number of ether oxygens (including phenoxy) is 1. The fourth-order valence-corrected chi connectivity index (χ4v) is 3.46. The fourth-order valence-electron chi connectivity index (χ4n) is 1.68. The van der Waals surface area contributed by atoms with Gasteiger partial charge in [-0.25, -0.2) is 0 Å². The Morgan fingerprint density at radius 1 is 1.22 bits per heavy atom. The van der Waals surface area contributed by atoms with Crippen molar-refractivity contribution in [3.63, 3.8) is 0 Å². The standard InChI is InChI=1S/C16H26OSi/c1-7-12-17-15-11-9-8-10-14(15)13-18(5,6)16(2,3)4/h7-11H,1,12-13H2,2-6H3. The Kier molecular flexibility index (Phi) is 4.80. The van der Waals surface area contributed by atoms with E-state index in [-0.39, 0.29) is 0 Å². The topological polar surface area (TPSA) is 9.23 Å². The molecule has 0 heterocycles. The third-order valence-electron chi connectivity index (χ3n) is 3.99. The maximum Gasteiger partial charge on any atom is 0.122 e. The van der Waals surface area contributed by atoms with E-state index in [1.165, 1.54) is 5.56 Å². The molecule has 2 heteroatoms. The molecule has 1 aromatic rings. The van der Waals surface area contributed by atoms with Gasteiger partial charge in [0.05, 0.1) is 8.07 Å². The summed E-state index contributed by atoms with van der Waals surface area (Å²) in [4.78, 5) is 0. The van der Waals surface area contributed by atoms with E-state index in [2.05, 4.69) is 58.6 Å². The Morgan fingerprint density at radius 2 is 1.83 bits per heavy atom. The smallest absolute Gasteiger partial charge is 0.122 e. The van der Waals surface area contributed by atoms with Crippen molar-refractivity contribution >= 4 is 8.07 Å². The molecule has 0 N–H and O–H groups in total. The largest absolute Gasteiger partial charge is 0.489 e. The first kappa shape index (κ1) is 15.0. The van der Waals surface area contributed by atoms with Crippen LogP contribution in [0, 0.1) is 0 Å². The molecule has 0 fully saturated rings. The van der Waals surface area contributed by atoms with E-state index in [9.17, 15) is 0 Å². The lowest BCUT2D eigenvalue weighted by Gasteiger charge is -2.37. The van der Waals surface area contributed by atoms with Crippen LogP contribution in [0.15, 0.2) is 36.9 Å². The zero-order valence-electron chi connectivity index (χ0n) is 12.4. The van der Waals surface area contributed by atoms with Gasteiger partial charge in [-0.05, 0) is 22.7 Å². The number of hydrogen-bond donors (Lipinski definition) is 0. The predicted molar refractivity (Wildman–Crippen MR) is 83.0 cm³/mol. The van der Waals surface area contributed by atoms with Gasteiger partial charge in [-0.15, -0.1) is 0 Å². The van der Waals surface area contributed by atoms with E-state index < -0.39 is 8.07 Å². The van der Waals surface area contributed by atoms with Crippen molar-refractivity contribution in [2.75, 3.05) is 6.61 Å². The first-order valence-electron chi connectivity index (χ1n) is 6.59. The van der Waals surface area contributed by atoms with Gasteiger partial charge in [-0.1, -0.05) is 64.7 Å². The molecule has 0 saturated heterocycles. The average molecular weight is 262 g/mol. The van der Waals surface area contributed by atoms with Crippen LogP contribution in [-0.4, -0.2) is 14.7 Å². The third kappa shape index (κ3) is 3.74. The first-order chi connectivity index (χ1) is 8.28. The second-order valence-electron chi connectivity index (χ2n) is 6.52. The SMILES string of the molecule is C=CCOc1ccccc1C[Si](C)(C)C(C)(C)C. The molecule has 0 bridgehead atoms. The molecule has 18 heavy (non-hydrogen) atoms. The van der Waals surface area contributed by atoms with E-state index in [1.54, 1.807) is 6.08 Å². The van der Waals surface area contributed by atoms with Crippen LogP contribution in [0.4, 0.5) is 0 Å². The minimum absolute atomic E-state index is 0.401. The Morgan fingerprint density at radius 3 is 2.39 bits per heavy atom. The van der Waals surface area contributed by atoms with Gasteiger partial charge in [0.15, 0.2) is 0 Å². The van der Waals surface area contributed by atoms with Crippen molar-refractivity contribution in [1.82, 2.24) is 0 Å². The molecular formula is C16H26OSi. The monoisotopic (exact) mass is 262 g/mol. The van der Waals surface area contributed by atoms with E-state index in [0.717, 1.165) is 11.8 Å². The van der Waals surface area contributed by atoms with Crippen LogP contribution in [0.5, 0.6) is 5.75 Å². The molecule has 0 aromatic heterocycles. The highest BCUT2D eigenvalue weighted by Gasteiger charge is 2.35. The molecular weight excluding hydrogens is 236 g/mol. The van der Waals surface area contributed by atoms with E-state index in [0.29, 0.717) is 11.6 Å². The second-order valence-corrected chi connectivity index (χ2v) is 12.1. The van der Waals surface area contributed by atoms with Crippen molar-refractivity contribution in [2.45, 2.75) is 44.9 Å². The van der Waals surface area contributed by atoms with Crippen LogP contribution >= 0.6 is 0 Å². The summed E-state index contributed by atoms with van der Waals surface area (Å²) in [6.07, 6.45) is 1.79. The number of rotatable bonds is 5. The number of benzene rings is 1. The maximum atomic E-state index is 5.75. The fraction of sp³-hybridized carbons (Fsp3) is 0.500. The Bertz CT molecular complexity index is 402. The highest BCUT2D eigenvalue weighted by atomic mass is 28.3. The van der Waals surface area contributed by atoms with Gasteiger partial charge in [0, 0.05) is 0 Å². The molecule has 0 aliphatic rings. The van der Waals surface area contributed by atoms with Gasteiger partial charge in [0.2, 0.25) is 0 Å². The molecule has 0 amide bonds. The molecule has 100 valence electrons. The zero-order chi connectivity index (χ0) is 13.8. The summed E-state index contributed by atoms with van der Waals surface area (Å²) in [5.41, 5.74) is 1.34. The van der Waals surface area contributed by atoms with Crippen molar-refractivity contribution < 1.29 is 4.74 Å². The Hall–Kier alpha value is -1.02. The van der Waals surface area contributed by atoms with Gasteiger partial charge in [0.1, 0.15) is 12.4 Å². The van der Waals surface area contributed by atoms with Crippen LogP contribution in [0.25, 0.3) is 0 Å². The van der Waals surface area contributed by atoms with Crippen molar-refractivity contribution in [3.8, 4) is 5.75 Å². The van der Waals surface area contributed by atoms with Crippen molar-refractivity contribution in [1.29, 1.82) is 0 Å². The summed E-state index contributed by atoms with van der Waals surface area (Å²) < 4.78 is 5.75. The van der Waals surface area contributed by atoms with Crippen LogP contribution in [0.2, 0.25) is 18.1 Å². The maximum absolute atomic E-state index is 5.75. The van der Waals surface area contributed by atoms with Crippen LogP contribution in [0.3, 0.4) is 0 Å². The molecule has 0 radical (unpaired) electrons. The first-order valence-corrected chi connectivity index (χ1v) is 9.80. The molecule has 0 aliphatic carbocycles. The lowest BCUT2D eigenvalue weighted by atomic mass is 10.2. The lowest BCUT2D eigenvalue weighted by Crippen LogP contribution is -2.40. The molecule has 0 aliphatic heterocycles. The second kappa shape index (κ2) is 5.74. The van der Waals surface area contributed by atoms with Crippen LogP contribution in [-0.2, 0) is 6.04 Å². The van der Waals surface area contributed by atoms with Crippen LogP contribution < -0.4 is 4.74 Å². The summed E-state index contributed by atoms with van der Waals surface area (Å²) in [5, 5.41) is 0.401. The van der Waals surface area contributed by atoms with Crippen LogP contribution in [0.1, 0.15) is 26.3 Å². The summed E-state index contributed by atoms with van der Waals surface area (Å²) in [7, 11) is -1.32. The molecule has 1 nitrogen and oxygen atoms in total. The average Bonchev–Trinajstić information content (AvgIpc) is 2.26. The van der Waals surface area contributed by atoms with Crippen molar-refractivity contribution in [3.05, 3.63) is 42.5 Å². The summed E-state index contributed by atoms with van der Waals surface area (Å²) in [6, 6.07) is 9.55. The van der Waals surface area contributed by atoms with Gasteiger partial charge in [0.25, 0.3) is 0 Å². The van der Waals surface area contributed by atoms with Gasteiger partial charge in [-0.2, -0.15) is 0 Å². The zero-order valence-corrected chi connectivity index (χ0v) is 13.4. The van der Waals surface area contributed by atoms with Gasteiger partial charge >= 0.3 is 0 Å². The minimum atomic E-state index is -1.32.